The van der Waals surface area contributed by atoms with Gasteiger partial charge < -0.3 is 11.1 Å². The Balaban J connectivity index is 1.69. The number of nitrogens with two attached hydrogens (primary N) is 1. The van der Waals surface area contributed by atoms with E-state index >= 15 is 0 Å². The molecule has 24 heavy (non-hydrogen) atoms. The van der Waals surface area contributed by atoms with Crippen LogP contribution in [-0.2, 0) is 11.3 Å². The van der Waals surface area contributed by atoms with E-state index in [2.05, 4.69) is 10.3 Å². The molecule has 128 valence electrons. The lowest BCUT2D eigenvalue weighted by Gasteiger charge is -2.26. The summed E-state index contributed by atoms with van der Waals surface area (Å²) in [4.78, 5) is 38.3. The molecule has 1 aliphatic carbocycles. The second-order valence-corrected chi connectivity index (χ2v) is 6.36. The summed E-state index contributed by atoms with van der Waals surface area (Å²) in [6.45, 7) is 0.230. The number of aryl methyl sites for hydroxylation is 1. The van der Waals surface area contributed by atoms with E-state index in [1.54, 1.807) is 24.3 Å². The van der Waals surface area contributed by atoms with Gasteiger partial charge in [0.1, 0.15) is 0 Å². The van der Waals surface area contributed by atoms with Crippen LogP contribution in [0.2, 0.25) is 0 Å². The molecule has 0 radical (unpaired) electrons. The number of hydrogen-bond acceptors (Lipinski definition) is 4. The lowest BCUT2D eigenvalue weighted by molar-refractivity contribution is -0.122. The molecule has 1 amide bonds. The number of rotatable bonds is 4. The Morgan fingerprint density at radius 1 is 1.21 bits per heavy atom. The second kappa shape index (κ2) is 7.00. The number of para-hydroxylation sites is 1. The zero-order valence-electron chi connectivity index (χ0n) is 13.5. The molecule has 4 N–H and O–H groups in total. The number of nitrogens with one attached hydrogen (secondary N) is 2. The van der Waals surface area contributed by atoms with Crippen LogP contribution in [0.25, 0.3) is 10.9 Å². The summed E-state index contributed by atoms with van der Waals surface area (Å²) in [7, 11) is 0. The first-order valence-electron chi connectivity index (χ1n) is 8.31. The molecule has 7 nitrogen and oxygen atoms in total. The minimum Gasteiger partial charge on any atom is -0.353 e. The quantitative estimate of drug-likeness (QED) is 0.756. The van der Waals surface area contributed by atoms with Gasteiger partial charge in [0.2, 0.25) is 5.91 Å². The Hall–Kier alpha value is -2.41. The van der Waals surface area contributed by atoms with Crippen molar-refractivity contribution in [2.24, 2.45) is 5.73 Å². The highest BCUT2D eigenvalue weighted by atomic mass is 16.2. The van der Waals surface area contributed by atoms with Gasteiger partial charge in [0.25, 0.3) is 5.56 Å². The van der Waals surface area contributed by atoms with Gasteiger partial charge >= 0.3 is 5.69 Å². The summed E-state index contributed by atoms with van der Waals surface area (Å²) >= 11 is 0. The molecule has 0 unspecified atom stereocenters. The average molecular weight is 330 g/mol. The minimum atomic E-state index is -0.491. The molecule has 3 rings (SSSR count). The molecule has 0 spiro atoms. The van der Waals surface area contributed by atoms with Gasteiger partial charge in [-0.3, -0.25) is 19.1 Å². The second-order valence-electron chi connectivity index (χ2n) is 6.36. The van der Waals surface area contributed by atoms with Crippen LogP contribution in [0.1, 0.15) is 32.1 Å². The van der Waals surface area contributed by atoms with Crippen LogP contribution in [-0.4, -0.2) is 27.5 Å². The molecule has 2 aromatic rings. The molecule has 1 fully saturated rings. The van der Waals surface area contributed by atoms with Crippen LogP contribution in [0.4, 0.5) is 0 Å². The number of aromatic nitrogens is 2. The van der Waals surface area contributed by atoms with Crippen molar-refractivity contribution in [1.29, 1.82) is 0 Å². The molecule has 1 aromatic heterocycles. The highest BCUT2D eigenvalue weighted by molar-refractivity contribution is 5.79. The van der Waals surface area contributed by atoms with E-state index in [4.69, 9.17) is 5.73 Å². The van der Waals surface area contributed by atoms with E-state index in [0.717, 1.165) is 25.7 Å². The third-order valence-electron chi connectivity index (χ3n) is 4.60. The number of aromatic amines is 1. The van der Waals surface area contributed by atoms with Crippen molar-refractivity contribution in [3.8, 4) is 0 Å². The van der Waals surface area contributed by atoms with E-state index in [0.29, 0.717) is 10.9 Å². The number of fused-ring (bicyclic) bond motifs is 1. The van der Waals surface area contributed by atoms with E-state index in [1.165, 1.54) is 4.57 Å². The van der Waals surface area contributed by atoms with Gasteiger partial charge in [-0.2, -0.15) is 0 Å². The third kappa shape index (κ3) is 3.56. The molecule has 7 heteroatoms. The van der Waals surface area contributed by atoms with Crippen molar-refractivity contribution < 1.29 is 4.79 Å². The van der Waals surface area contributed by atoms with Crippen LogP contribution in [0, 0.1) is 0 Å². The fourth-order valence-electron chi connectivity index (χ4n) is 3.24. The SMILES string of the molecule is NC1CCC(NC(=O)CCn2c(=O)[nH]c(=O)c3ccccc32)CC1. The summed E-state index contributed by atoms with van der Waals surface area (Å²) in [5, 5.41) is 3.45. The number of carbonyl (C=O) groups is 1. The predicted octanol–water partition coefficient (Wildman–Crippen LogP) is 0.466. The van der Waals surface area contributed by atoms with E-state index in [-0.39, 0.29) is 31.0 Å². The molecule has 1 saturated carbocycles. The highest BCUT2D eigenvalue weighted by Gasteiger charge is 2.20. The standard InChI is InChI=1S/C17H22N4O3/c18-11-5-7-12(8-6-11)19-15(22)9-10-21-14-4-2-1-3-13(14)16(23)20-17(21)24/h1-4,11-12H,5-10,18H2,(H,19,22)(H,20,23,24). The Bertz CT molecular complexity index is 847. The Morgan fingerprint density at radius 3 is 2.67 bits per heavy atom. The smallest absolute Gasteiger partial charge is 0.328 e. The Labute approximate surface area is 138 Å². The lowest BCUT2D eigenvalue weighted by atomic mass is 9.92. The van der Waals surface area contributed by atoms with Crippen molar-refractivity contribution >= 4 is 16.8 Å². The van der Waals surface area contributed by atoms with Gasteiger partial charge in [0.05, 0.1) is 10.9 Å². The fraction of sp³-hybridized carbons (Fsp3) is 0.471. The summed E-state index contributed by atoms with van der Waals surface area (Å²) in [6, 6.07) is 7.29. The largest absolute Gasteiger partial charge is 0.353 e. The number of amides is 1. The zero-order chi connectivity index (χ0) is 17.1. The van der Waals surface area contributed by atoms with Crippen molar-refractivity contribution in [1.82, 2.24) is 14.9 Å². The molecule has 0 aliphatic heterocycles. The van der Waals surface area contributed by atoms with Crippen molar-refractivity contribution in [3.05, 3.63) is 45.1 Å². The highest BCUT2D eigenvalue weighted by Crippen LogP contribution is 2.17. The monoisotopic (exact) mass is 330 g/mol. The summed E-state index contributed by atoms with van der Waals surface area (Å²) in [6.07, 6.45) is 3.84. The lowest BCUT2D eigenvalue weighted by Crippen LogP contribution is -2.41. The maximum atomic E-state index is 12.2. The summed E-state index contributed by atoms with van der Waals surface area (Å²) in [5.41, 5.74) is 5.51. The van der Waals surface area contributed by atoms with Gasteiger partial charge in [0.15, 0.2) is 0 Å². The molecule has 0 saturated heterocycles. The molecule has 0 bridgehead atoms. The number of benzene rings is 1. The maximum Gasteiger partial charge on any atom is 0.328 e. The van der Waals surface area contributed by atoms with Crippen LogP contribution < -0.4 is 22.3 Å². The van der Waals surface area contributed by atoms with Crippen LogP contribution in [0.15, 0.2) is 33.9 Å². The summed E-state index contributed by atoms with van der Waals surface area (Å²) < 4.78 is 1.44. The van der Waals surface area contributed by atoms with Crippen LogP contribution in [0.5, 0.6) is 0 Å². The van der Waals surface area contributed by atoms with Crippen molar-refractivity contribution in [3.63, 3.8) is 0 Å². The van der Waals surface area contributed by atoms with Gasteiger partial charge in [-0.05, 0) is 37.8 Å². The van der Waals surface area contributed by atoms with Crippen LogP contribution in [0.3, 0.4) is 0 Å². The molecule has 0 atom stereocenters. The Morgan fingerprint density at radius 2 is 1.92 bits per heavy atom. The van der Waals surface area contributed by atoms with Crippen molar-refractivity contribution in [2.45, 2.75) is 50.7 Å². The van der Waals surface area contributed by atoms with E-state index in [9.17, 15) is 14.4 Å². The number of H-pyrrole nitrogens is 1. The normalized spacial score (nSPS) is 20.9. The first-order chi connectivity index (χ1) is 11.5. The third-order valence-corrected chi connectivity index (χ3v) is 4.60. The average Bonchev–Trinajstić information content (AvgIpc) is 2.57. The van der Waals surface area contributed by atoms with Gasteiger partial charge in [-0.1, -0.05) is 12.1 Å². The minimum absolute atomic E-state index is 0.0855. The molecule has 1 heterocycles. The maximum absolute atomic E-state index is 12.2. The fourth-order valence-corrected chi connectivity index (χ4v) is 3.24. The summed E-state index contributed by atoms with van der Waals surface area (Å²) in [5.74, 6) is -0.0855. The number of carbonyl (C=O) groups excluding carboxylic acids is 1. The molecular formula is C17H22N4O3. The van der Waals surface area contributed by atoms with Gasteiger partial charge in [-0.25, -0.2) is 4.79 Å². The zero-order valence-corrected chi connectivity index (χ0v) is 13.5. The first kappa shape index (κ1) is 16.4. The number of hydrogen-bond donors (Lipinski definition) is 3. The van der Waals surface area contributed by atoms with E-state index in [1.807, 2.05) is 0 Å². The van der Waals surface area contributed by atoms with Gasteiger partial charge in [0, 0.05) is 25.0 Å². The molecular weight excluding hydrogens is 308 g/mol. The van der Waals surface area contributed by atoms with Crippen LogP contribution >= 0.6 is 0 Å². The van der Waals surface area contributed by atoms with Crippen molar-refractivity contribution in [2.75, 3.05) is 0 Å². The van der Waals surface area contributed by atoms with E-state index < -0.39 is 11.2 Å². The number of nitrogens with zero attached hydrogens (tertiary/aromatic N) is 1. The predicted molar refractivity (Wildman–Crippen MR) is 91.8 cm³/mol. The Kier molecular flexibility index (Phi) is 4.80. The topological polar surface area (TPSA) is 110 Å². The molecule has 1 aliphatic rings. The van der Waals surface area contributed by atoms with Gasteiger partial charge in [-0.15, -0.1) is 0 Å². The first-order valence-corrected chi connectivity index (χ1v) is 8.31. The molecule has 1 aromatic carbocycles.